The molecule has 7 heteroatoms. The number of hydrogen-bond donors (Lipinski definition) is 0. The topological polar surface area (TPSA) is 66.0 Å². The lowest BCUT2D eigenvalue weighted by atomic mass is 10.1. The second-order valence-electron chi connectivity index (χ2n) is 6.70. The van der Waals surface area contributed by atoms with Gasteiger partial charge < -0.3 is 13.8 Å². The Bertz CT molecular complexity index is 871. The van der Waals surface area contributed by atoms with Crippen LogP contribution in [0.25, 0.3) is 11.3 Å². The molecular formula is C20H24N4O2S. The van der Waals surface area contributed by atoms with Crippen molar-refractivity contribution in [2.45, 2.75) is 56.2 Å². The third kappa shape index (κ3) is 4.09. The van der Waals surface area contributed by atoms with Gasteiger partial charge in [0.25, 0.3) is 0 Å². The fourth-order valence-electron chi connectivity index (χ4n) is 3.25. The maximum Gasteiger partial charge on any atom is 0.239 e. The van der Waals surface area contributed by atoms with Crippen molar-refractivity contribution in [2.24, 2.45) is 0 Å². The lowest BCUT2D eigenvalue weighted by molar-refractivity contribution is 0.0953. The van der Waals surface area contributed by atoms with Gasteiger partial charge in [0.05, 0.1) is 29.8 Å². The van der Waals surface area contributed by atoms with E-state index in [1.807, 2.05) is 19.2 Å². The van der Waals surface area contributed by atoms with Gasteiger partial charge in [-0.05, 0) is 25.3 Å². The first-order valence-electron chi connectivity index (χ1n) is 9.46. The Morgan fingerprint density at radius 1 is 1.30 bits per heavy atom. The monoisotopic (exact) mass is 384 g/mol. The van der Waals surface area contributed by atoms with E-state index >= 15 is 0 Å². The molecule has 3 heterocycles. The van der Waals surface area contributed by atoms with Crippen LogP contribution in [0.2, 0.25) is 0 Å². The summed E-state index contributed by atoms with van der Waals surface area (Å²) >= 11 is 1.65. The molecule has 2 aromatic heterocycles. The van der Waals surface area contributed by atoms with Crippen LogP contribution in [0.15, 0.2) is 46.2 Å². The number of ether oxygens (including phenoxy) is 1. The maximum absolute atomic E-state index is 5.88. The zero-order chi connectivity index (χ0) is 18.6. The Balaban J connectivity index is 1.61. The first kappa shape index (κ1) is 18.3. The van der Waals surface area contributed by atoms with Crippen LogP contribution in [0, 0.1) is 0 Å². The average Bonchev–Trinajstić information content (AvgIpc) is 3.44. The van der Waals surface area contributed by atoms with Crippen molar-refractivity contribution in [1.29, 1.82) is 0 Å². The van der Waals surface area contributed by atoms with Crippen LogP contribution in [-0.4, -0.2) is 32.4 Å². The number of rotatable bonds is 7. The summed E-state index contributed by atoms with van der Waals surface area (Å²) in [6.45, 7) is 5.75. The Morgan fingerprint density at radius 3 is 2.85 bits per heavy atom. The average molecular weight is 385 g/mol. The van der Waals surface area contributed by atoms with E-state index in [2.05, 4.69) is 45.9 Å². The molecular weight excluding hydrogens is 360 g/mol. The van der Waals surface area contributed by atoms with Crippen LogP contribution in [0.4, 0.5) is 0 Å². The predicted octanol–water partition coefficient (Wildman–Crippen LogP) is 4.53. The number of hydrogen-bond acceptors (Lipinski definition) is 6. The van der Waals surface area contributed by atoms with Gasteiger partial charge in [0.2, 0.25) is 5.89 Å². The summed E-state index contributed by atoms with van der Waals surface area (Å²) < 4.78 is 13.6. The van der Waals surface area contributed by atoms with E-state index in [4.69, 9.17) is 14.2 Å². The minimum absolute atomic E-state index is 0.0343. The summed E-state index contributed by atoms with van der Waals surface area (Å²) in [5.74, 6) is 1.38. The molecule has 1 fully saturated rings. The van der Waals surface area contributed by atoms with Gasteiger partial charge in [0.1, 0.15) is 0 Å². The van der Waals surface area contributed by atoms with Gasteiger partial charge in [-0.15, -0.1) is 0 Å². The standard InChI is InChI=1S/C20H24N4O2S/c1-3-18-22-19(26-23-18)14(2)27-20-21-12-17(15-8-5-4-6-9-15)24(20)13-16-10-7-11-25-16/h4-6,8-9,12,14,16H,3,7,10-11,13H2,1-2H3. The van der Waals surface area contributed by atoms with Crippen LogP contribution >= 0.6 is 11.8 Å². The second kappa shape index (κ2) is 8.27. The van der Waals surface area contributed by atoms with E-state index in [9.17, 15) is 0 Å². The predicted molar refractivity (Wildman–Crippen MR) is 105 cm³/mol. The lowest BCUT2D eigenvalue weighted by Crippen LogP contribution is -2.16. The molecule has 0 amide bonds. The van der Waals surface area contributed by atoms with Crippen molar-refractivity contribution >= 4 is 11.8 Å². The zero-order valence-electron chi connectivity index (χ0n) is 15.7. The summed E-state index contributed by atoms with van der Waals surface area (Å²) in [7, 11) is 0. The van der Waals surface area contributed by atoms with Crippen LogP contribution in [0.3, 0.4) is 0 Å². The second-order valence-corrected chi connectivity index (χ2v) is 8.01. The molecule has 27 heavy (non-hydrogen) atoms. The molecule has 0 radical (unpaired) electrons. The number of benzene rings is 1. The number of aryl methyl sites for hydroxylation is 1. The van der Waals surface area contributed by atoms with Gasteiger partial charge >= 0.3 is 0 Å². The molecule has 142 valence electrons. The fourth-order valence-corrected chi connectivity index (χ4v) is 4.17. The molecule has 2 atom stereocenters. The normalized spacial score (nSPS) is 18.1. The van der Waals surface area contributed by atoms with Crippen molar-refractivity contribution in [1.82, 2.24) is 19.7 Å². The fraction of sp³-hybridized carbons (Fsp3) is 0.450. The highest BCUT2D eigenvalue weighted by Gasteiger charge is 2.23. The van der Waals surface area contributed by atoms with E-state index < -0.39 is 0 Å². The minimum Gasteiger partial charge on any atom is -0.376 e. The van der Waals surface area contributed by atoms with E-state index in [0.717, 1.165) is 54.7 Å². The van der Waals surface area contributed by atoms with E-state index in [-0.39, 0.29) is 11.4 Å². The molecule has 1 aliphatic rings. The SMILES string of the molecule is CCc1noc(C(C)Sc2ncc(-c3ccccc3)n2CC2CCCO2)n1. The minimum atomic E-state index is 0.0343. The van der Waals surface area contributed by atoms with Gasteiger partial charge in [-0.2, -0.15) is 4.98 Å². The summed E-state index contributed by atoms with van der Waals surface area (Å²) in [5.41, 5.74) is 2.27. The van der Waals surface area contributed by atoms with Crippen molar-refractivity contribution in [3.63, 3.8) is 0 Å². The van der Waals surface area contributed by atoms with Gasteiger partial charge in [0.15, 0.2) is 11.0 Å². The smallest absolute Gasteiger partial charge is 0.239 e. The summed E-state index contributed by atoms with van der Waals surface area (Å²) in [5, 5.41) is 5.00. The van der Waals surface area contributed by atoms with Gasteiger partial charge in [-0.25, -0.2) is 4.98 Å². The molecule has 0 saturated carbocycles. The molecule has 0 bridgehead atoms. The van der Waals surface area contributed by atoms with E-state index in [1.54, 1.807) is 11.8 Å². The Hall–Kier alpha value is -2.12. The third-order valence-corrected chi connectivity index (χ3v) is 5.82. The molecule has 0 N–H and O–H groups in total. The highest BCUT2D eigenvalue weighted by atomic mass is 32.2. The Kier molecular flexibility index (Phi) is 5.59. The quantitative estimate of drug-likeness (QED) is 0.558. The highest BCUT2D eigenvalue weighted by molar-refractivity contribution is 7.99. The molecule has 1 saturated heterocycles. The molecule has 2 unspecified atom stereocenters. The number of thioether (sulfide) groups is 1. The van der Waals surface area contributed by atoms with Crippen molar-refractivity contribution in [3.8, 4) is 11.3 Å². The summed E-state index contributed by atoms with van der Waals surface area (Å²) in [6.07, 6.45) is 5.18. The maximum atomic E-state index is 5.88. The zero-order valence-corrected chi connectivity index (χ0v) is 16.5. The van der Waals surface area contributed by atoms with Gasteiger partial charge in [-0.3, -0.25) is 0 Å². The first-order valence-corrected chi connectivity index (χ1v) is 10.3. The van der Waals surface area contributed by atoms with Crippen molar-refractivity contribution in [2.75, 3.05) is 6.61 Å². The first-order chi connectivity index (χ1) is 13.2. The van der Waals surface area contributed by atoms with E-state index in [1.165, 1.54) is 0 Å². The molecule has 1 aromatic carbocycles. The molecule has 4 rings (SSSR count). The molecule has 6 nitrogen and oxygen atoms in total. The molecule has 0 spiro atoms. The van der Waals surface area contributed by atoms with Crippen molar-refractivity contribution < 1.29 is 9.26 Å². The number of aromatic nitrogens is 4. The lowest BCUT2D eigenvalue weighted by Gasteiger charge is -2.17. The highest BCUT2D eigenvalue weighted by Crippen LogP contribution is 2.36. The molecule has 0 aliphatic carbocycles. The van der Waals surface area contributed by atoms with Crippen LogP contribution in [0.5, 0.6) is 0 Å². The van der Waals surface area contributed by atoms with E-state index in [0.29, 0.717) is 5.89 Å². The largest absolute Gasteiger partial charge is 0.376 e. The third-order valence-electron chi connectivity index (χ3n) is 4.73. The molecule has 3 aromatic rings. The van der Waals surface area contributed by atoms with Crippen LogP contribution < -0.4 is 0 Å². The van der Waals surface area contributed by atoms with Crippen LogP contribution in [-0.2, 0) is 17.7 Å². The Labute approximate surface area is 163 Å². The summed E-state index contributed by atoms with van der Waals surface area (Å²) in [6, 6.07) is 10.4. The van der Waals surface area contributed by atoms with Gasteiger partial charge in [0, 0.05) is 13.0 Å². The summed E-state index contributed by atoms with van der Waals surface area (Å²) in [4.78, 5) is 9.17. The number of nitrogens with zero attached hydrogens (tertiary/aromatic N) is 4. The van der Waals surface area contributed by atoms with Gasteiger partial charge in [-0.1, -0.05) is 54.2 Å². The van der Waals surface area contributed by atoms with Crippen LogP contribution in [0.1, 0.15) is 43.7 Å². The number of imidazole rings is 1. The Morgan fingerprint density at radius 2 is 2.15 bits per heavy atom. The molecule has 1 aliphatic heterocycles. The van der Waals surface area contributed by atoms with Crippen molar-refractivity contribution in [3.05, 3.63) is 48.2 Å².